The van der Waals surface area contributed by atoms with Gasteiger partial charge in [0.2, 0.25) is 5.88 Å². The van der Waals surface area contributed by atoms with Gasteiger partial charge in [0.15, 0.2) is 5.54 Å². The molecule has 2 saturated heterocycles. The van der Waals surface area contributed by atoms with E-state index in [1.54, 1.807) is 37.4 Å². The smallest absolute Gasteiger partial charge is 0.274 e. The predicted molar refractivity (Wildman–Crippen MR) is 189 cm³/mol. The highest BCUT2D eigenvalue weighted by Gasteiger charge is 2.61. The summed E-state index contributed by atoms with van der Waals surface area (Å²) in [4.78, 5) is 26.9. The second-order valence-electron chi connectivity index (χ2n) is 12.8. The molecule has 2 aromatic carbocycles. The van der Waals surface area contributed by atoms with E-state index in [0.717, 1.165) is 43.2 Å². The number of ether oxygens (including phenoxy) is 3. The van der Waals surface area contributed by atoms with Crippen LogP contribution in [0.3, 0.4) is 0 Å². The van der Waals surface area contributed by atoms with Crippen molar-refractivity contribution in [3.63, 3.8) is 0 Å². The molecule has 3 aromatic rings. The lowest BCUT2D eigenvalue weighted by molar-refractivity contribution is -0.128. The Balaban J connectivity index is 1.48. The lowest BCUT2D eigenvalue weighted by atomic mass is 9.81. The van der Waals surface area contributed by atoms with Crippen LogP contribution in [0.4, 0.5) is 5.69 Å². The Labute approximate surface area is 295 Å². The first-order chi connectivity index (χ1) is 24.2. The number of amides is 1. The Kier molecular flexibility index (Phi) is 10.6. The summed E-state index contributed by atoms with van der Waals surface area (Å²) < 4.78 is 47.8. The van der Waals surface area contributed by atoms with Crippen LogP contribution in [0.5, 0.6) is 17.4 Å². The molecule has 0 radical (unpaired) electrons. The normalized spacial score (nSPS) is 20.8. The van der Waals surface area contributed by atoms with Crippen molar-refractivity contribution in [2.24, 2.45) is 0 Å². The van der Waals surface area contributed by atoms with Gasteiger partial charge < -0.3 is 19.1 Å². The van der Waals surface area contributed by atoms with E-state index in [-0.39, 0.29) is 35.4 Å². The molecule has 1 aromatic heterocycles. The third-order valence-electron chi connectivity index (χ3n) is 10.0. The molecule has 3 aliphatic heterocycles. The SMILES string of the molecule is CCCN1CCC(N2CCN(C3(c4cccnc4OCC)C(=O)N(S(=O)(=O)c4ccc(OC)cc4OCC)c4ccc(C#N)cc43)CC2)CC1. The minimum Gasteiger partial charge on any atom is -0.497 e. The molecule has 12 nitrogen and oxygen atoms in total. The van der Waals surface area contributed by atoms with Gasteiger partial charge in [-0.05, 0) is 95.2 Å². The van der Waals surface area contributed by atoms with Gasteiger partial charge in [0.1, 0.15) is 16.4 Å². The van der Waals surface area contributed by atoms with Crippen LogP contribution in [0.1, 0.15) is 56.7 Å². The number of hydrogen-bond acceptors (Lipinski definition) is 11. The number of nitriles is 1. The van der Waals surface area contributed by atoms with Gasteiger partial charge in [0.25, 0.3) is 15.9 Å². The summed E-state index contributed by atoms with van der Waals surface area (Å²) in [5, 5.41) is 10.0. The molecule has 13 heteroatoms. The molecule has 0 saturated carbocycles. The van der Waals surface area contributed by atoms with Crippen molar-refractivity contribution in [1.82, 2.24) is 19.7 Å². The van der Waals surface area contributed by atoms with Gasteiger partial charge in [0.05, 0.1) is 37.6 Å². The average molecular weight is 703 g/mol. The molecule has 3 aliphatic rings. The number of carbonyl (C=O) groups is 1. The largest absolute Gasteiger partial charge is 0.497 e. The second-order valence-corrected chi connectivity index (χ2v) is 14.5. The zero-order chi connectivity index (χ0) is 35.5. The number of likely N-dealkylation sites (tertiary alicyclic amines) is 1. The molecule has 1 unspecified atom stereocenters. The first-order valence-electron chi connectivity index (χ1n) is 17.5. The van der Waals surface area contributed by atoms with E-state index in [9.17, 15) is 13.7 Å². The van der Waals surface area contributed by atoms with Crippen LogP contribution in [-0.2, 0) is 20.4 Å². The van der Waals surface area contributed by atoms with E-state index in [1.807, 2.05) is 6.92 Å². The maximum atomic E-state index is 15.5. The molecule has 0 N–H and O–H groups in total. The highest BCUT2D eigenvalue weighted by atomic mass is 32.2. The van der Waals surface area contributed by atoms with Crippen molar-refractivity contribution in [3.8, 4) is 23.4 Å². The maximum Gasteiger partial charge on any atom is 0.274 e. The number of sulfonamides is 1. The maximum absolute atomic E-state index is 15.5. The molecular weight excluding hydrogens is 657 g/mol. The summed E-state index contributed by atoms with van der Waals surface area (Å²) in [6, 6.07) is 15.3. The Hall–Kier alpha value is -4.22. The number of anilines is 1. The van der Waals surface area contributed by atoms with Crippen molar-refractivity contribution in [1.29, 1.82) is 5.26 Å². The summed E-state index contributed by atoms with van der Waals surface area (Å²) in [6.45, 7) is 11.9. The standard InChI is InChI=1S/C37H46N6O6S/c1-5-17-40-18-14-28(15-19-40)41-20-22-42(23-21-41)37(30-9-8-16-39-35(30)49-7-3)31-24-27(26-38)10-12-32(31)43(36(37)44)50(45,46)34-13-11-29(47-4)25-33(34)48-6-2/h8-13,16,24-25,28H,5-7,14-15,17-23H2,1-4H3. The highest BCUT2D eigenvalue weighted by Crippen LogP contribution is 2.53. The number of rotatable bonds is 12. The lowest BCUT2D eigenvalue weighted by Crippen LogP contribution is -2.62. The number of methoxy groups -OCH3 is 1. The Morgan fingerprint density at radius 2 is 1.68 bits per heavy atom. The number of piperazine rings is 1. The molecule has 4 heterocycles. The number of hydrogen-bond donors (Lipinski definition) is 0. The highest BCUT2D eigenvalue weighted by molar-refractivity contribution is 7.93. The summed E-state index contributed by atoms with van der Waals surface area (Å²) in [7, 11) is -3.08. The molecule has 6 rings (SSSR count). The van der Waals surface area contributed by atoms with Gasteiger partial charge in [-0.25, -0.2) is 17.7 Å². The van der Waals surface area contributed by atoms with Crippen molar-refractivity contribution < 1.29 is 27.4 Å². The van der Waals surface area contributed by atoms with Crippen LogP contribution in [-0.4, -0.2) is 106 Å². The minimum absolute atomic E-state index is 0.0716. The molecule has 0 aliphatic carbocycles. The first kappa shape index (κ1) is 35.6. The van der Waals surface area contributed by atoms with Gasteiger partial charge in [-0.15, -0.1) is 0 Å². The minimum atomic E-state index is -4.56. The molecule has 0 bridgehead atoms. The molecule has 266 valence electrons. The number of pyridine rings is 1. The second kappa shape index (κ2) is 14.9. The topological polar surface area (TPSA) is 129 Å². The molecule has 2 fully saturated rings. The van der Waals surface area contributed by atoms with E-state index >= 15 is 4.79 Å². The monoisotopic (exact) mass is 702 g/mol. The lowest BCUT2D eigenvalue weighted by Gasteiger charge is -2.48. The van der Waals surface area contributed by atoms with Crippen LogP contribution < -0.4 is 18.5 Å². The van der Waals surface area contributed by atoms with Gasteiger partial charge in [-0.2, -0.15) is 5.26 Å². The average Bonchev–Trinajstić information content (AvgIpc) is 3.40. The molecule has 0 spiro atoms. The van der Waals surface area contributed by atoms with Crippen LogP contribution in [0, 0.1) is 11.3 Å². The van der Waals surface area contributed by atoms with E-state index in [4.69, 9.17) is 14.2 Å². The third kappa shape index (κ3) is 6.19. The van der Waals surface area contributed by atoms with Crippen molar-refractivity contribution in [2.45, 2.75) is 56.5 Å². The number of piperidine rings is 1. The van der Waals surface area contributed by atoms with Crippen molar-refractivity contribution in [3.05, 3.63) is 71.4 Å². The molecular formula is C37H46N6O6S. The number of nitrogens with zero attached hydrogens (tertiary/aromatic N) is 6. The van der Waals surface area contributed by atoms with Gasteiger partial charge in [-0.1, -0.05) is 6.92 Å². The fourth-order valence-corrected chi connectivity index (χ4v) is 9.36. The zero-order valence-corrected chi connectivity index (χ0v) is 30.1. The quantitative estimate of drug-likeness (QED) is 0.269. The van der Waals surface area contributed by atoms with Gasteiger partial charge >= 0.3 is 0 Å². The fourth-order valence-electron chi connectivity index (χ4n) is 7.78. The van der Waals surface area contributed by atoms with Crippen LogP contribution in [0.15, 0.2) is 59.6 Å². The van der Waals surface area contributed by atoms with Crippen molar-refractivity contribution in [2.75, 3.05) is 70.4 Å². The summed E-state index contributed by atoms with van der Waals surface area (Å²) in [5.41, 5.74) is -0.347. The summed E-state index contributed by atoms with van der Waals surface area (Å²) in [5.74, 6) is 0.0405. The van der Waals surface area contributed by atoms with E-state index in [1.165, 1.54) is 31.4 Å². The van der Waals surface area contributed by atoms with E-state index in [2.05, 4.69) is 32.7 Å². The van der Waals surface area contributed by atoms with E-state index in [0.29, 0.717) is 54.7 Å². The van der Waals surface area contributed by atoms with Crippen LogP contribution >= 0.6 is 0 Å². The van der Waals surface area contributed by atoms with Crippen LogP contribution in [0.2, 0.25) is 0 Å². The van der Waals surface area contributed by atoms with Gasteiger partial charge in [-0.3, -0.25) is 14.6 Å². The number of benzene rings is 2. The number of fused-ring (bicyclic) bond motifs is 1. The first-order valence-corrected chi connectivity index (χ1v) is 18.9. The Bertz CT molecular complexity index is 1850. The van der Waals surface area contributed by atoms with E-state index < -0.39 is 21.5 Å². The summed E-state index contributed by atoms with van der Waals surface area (Å²) in [6.07, 6.45) is 4.92. The fraction of sp³-hybridized carbons (Fsp3) is 0.486. The Morgan fingerprint density at radius 3 is 2.34 bits per heavy atom. The molecule has 50 heavy (non-hydrogen) atoms. The van der Waals surface area contributed by atoms with Crippen molar-refractivity contribution >= 4 is 21.6 Å². The van der Waals surface area contributed by atoms with Gasteiger partial charge in [0, 0.05) is 55.6 Å². The third-order valence-corrected chi connectivity index (χ3v) is 11.8. The summed E-state index contributed by atoms with van der Waals surface area (Å²) >= 11 is 0. The predicted octanol–water partition coefficient (Wildman–Crippen LogP) is 4.23. The zero-order valence-electron chi connectivity index (χ0n) is 29.3. The molecule has 1 amide bonds. The number of aromatic nitrogens is 1. The Morgan fingerprint density at radius 1 is 0.940 bits per heavy atom. The van der Waals surface area contributed by atoms with Crippen LogP contribution in [0.25, 0.3) is 0 Å². The number of carbonyl (C=O) groups excluding carboxylic acids is 1. The molecule has 1 atom stereocenters.